The first kappa shape index (κ1) is 33.2. The molecule has 6 heteroatoms. The number of aromatic nitrogens is 2. The van der Waals surface area contributed by atoms with E-state index in [1.807, 2.05) is 85.9 Å². The van der Waals surface area contributed by atoms with E-state index in [0.29, 0.717) is 22.1 Å². The van der Waals surface area contributed by atoms with Crippen molar-refractivity contribution in [2.75, 3.05) is 0 Å². The predicted octanol–water partition coefficient (Wildman–Crippen LogP) is 13.2. The van der Waals surface area contributed by atoms with Gasteiger partial charge in [0.05, 0.1) is 19.2 Å². The molecule has 4 heterocycles. The van der Waals surface area contributed by atoms with E-state index in [1.165, 1.54) is 5.19 Å². The van der Waals surface area contributed by atoms with E-state index in [1.54, 1.807) is 12.3 Å². The first-order valence-electron chi connectivity index (χ1n) is 20.3. The van der Waals surface area contributed by atoms with Crippen molar-refractivity contribution in [2.45, 2.75) is 53.2 Å². The molecule has 4 nitrogen and oxygen atoms in total. The largest absolute Gasteiger partial charge is 0.501 e. The molecule has 1 atom stereocenters. The van der Waals surface area contributed by atoms with Crippen LogP contribution in [0, 0.1) is 24.9 Å². The summed E-state index contributed by atoms with van der Waals surface area (Å²) in [5.41, 5.74) is 9.34. The Morgan fingerprint density at radius 3 is 2.20 bits per heavy atom. The molecule has 1 unspecified atom stereocenters. The number of hydrogen-bond acceptors (Lipinski definition) is 4. The van der Waals surface area contributed by atoms with Gasteiger partial charge in [-0.1, -0.05) is 154 Å². The van der Waals surface area contributed by atoms with Crippen LogP contribution < -0.4 is 5.19 Å². The van der Waals surface area contributed by atoms with Crippen molar-refractivity contribution >= 4 is 57.1 Å². The van der Waals surface area contributed by atoms with E-state index in [0.717, 1.165) is 61.0 Å². The number of pyridine rings is 2. The fourth-order valence-corrected chi connectivity index (χ4v) is 7.87. The van der Waals surface area contributed by atoms with Crippen LogP contribution in [0.25, 0.3) is 77.5 Å². The van der Waals surface area contributed by atoms with E-state index < -0.39 is 20.8 Å². The molecule has 0 spiro atoms. The number of benzene rings is 5. The van der Waals surface area contributed by atoms with Crippen molar-refractivity contribution in [3.05, 3.63) is 151 Å². The molecule has 5 aromatic carbocycles. The number of aryl methyl sites for hydroxylation is 1. The number of para-hydroxylation sites is 1. The summed E-state index contributed by atoms with van der Waals surface area (Å²) in [7, 11) is -1.44. The molecular formula is C49H44IrN2O2Si-2. The Labute approximate surface area is 343 Å². The van der Waals surface area contributed by atoms with Gasteiger partial charge in [-0.25, -0.2) is 0 Å². The van der Waals surface area contributed by atoms with E-state index >= 15 is 0 Å². The molecule has 0 saturated heterocycles. The molecule has 1 radical (unpaired) electrons. The predicted molar refractivity (Wildman–Crippen MR) is 228 cm³/mol. The molecule has 277 valence electrons. The monoisotopic (exact) mass is 917 g/mol. The zero-order valence-electron chi connectivity index (χ0n) is 35.7. The summed E-state index contributed by atoms with van der Waals surface area (Å²) in [4.78, 5) is 9.22. The fraction of sp³-hybridized carbons (Fsp3) is 0.184. The van der Waals surface area contributed by atoms with E-state index in [-0.39, 0.29) is 31.6 Å². The summed E-state index contributed by atoms with van der Waals surface area (Å²) in [5.74, 6) is -0.505. The summed E-state index contributed by atoms with van der Waals surface area (Å²) in [6, 6.07) is 44.1. The summed E-state index contributed by atoms with van der Waals surface area (Å²) in [6.07, 6.45) is 3.70. The van der Waals surface area contributed by atoms with Crippen molar-refractivity contribution in [3.63, 3.8) is 0 Å². The van der Waals surface area contributed by atoms with E-state index in [2.05, 4.69) is 92.0 Å². The second-order valence-electron chi connectivity index (χ2n) is 15.1. The smallest absolute Gasteiger partial charge is 0.121 e. The zero-order valence-corrected chi connectivity index (χ0v) is 35.1. The zero-order chi connectivity index (χ0) is 41.0. The van der Waals surface area contributed by atoms with Crippen LogP contribution in [0.5, 0.6) is 0 Å². The van der Waals surface area contributed by atoms with Crippen LogP contribution in [0.2, 0.25) is 19.6 Å². The molecule has 0 amide bonds. The number of rotatable bonds is 6. The molecule has 9 aromatic rings. The van der Waals surface area contributed by atoms with E-state index in [9.17, 15) is 0 Å². The van der Waals surface area contributed by atoms with Crippen molar-refractivity contribution in [1.82, 2.24) is 9.97 Å². The molecule has 0 aliphatic heterocycles. The Morgan fingerprint density at radius 1 is 0.691 bits per heavy atom. The minimum atomic E-state index is -2.24. The van der Waals surface area contributed by atoms with Gasteiger partial charge in [0, 0.05) is 48.8 Å². The third-order valence-corrected chi connectivity index (χ3v) is 12.2. The van der Waals surface area contributed by atoms with Crippen molar-refractivity contribution in [2.24, 2.45) is 5.92 Å². The number of fused-ring (bicyclic) bond motifs is 6. The molecule has 9 rings (SSSR count). The minimum absolute atomic E-state index is 0. The van der Waals surface area contributed by atoms with Gasteiger partial charge in [-0.3, -0.25) is 0 Å². The molecule has 0 fully saturated rings. The average Bonchev–Trinajstić information content (AvgIpc) is 3.79. The van der Waals surface area contributed by atoms with Crippen LogP contribution in [0.4, 0.5) is 0 Å². The molecule has 4 aromatic heterocycles. The van der Waals surface area contributed by atoms with Gasteiger partial charge in [-0.05, 0) is 57.7 Å². The van der Waals surface area contributed by atoms with Crippen molar-refractivity contribution in [1.29, 1.82) is 0 Å². The second kappa shape index (κ2) is 15.5. The molecule has 0 aliphatic rings. The quantitative estimate of drug-likeness (QED) is 0.123. The SMILES string of the molecule is [2H]C(C)(c1ccnc(-c2[c-]ccc3c2oc2cc(-c4ccccc4)ccc23)c1)C(C)C.[2H]C([2H])([2H])c1c[c-]c(-c2ccc([Si](C)(C)C)cn2)c2oc3ccccc3c12.[Ir]. The summed E-state index contributed by atoms with van der Waals surface area (Å²) in [5, 5.41) is 4.82. The summed E-state index contributed by atoms with van der Waals surface area (Å²) >= 11 is 0. The minimum Gasteiger partial charge on any atom is -0.501 e. The topological polar surface area (TPSA) is 52.1 Å². The average molecular weight is 917 g/mol. The van der Waals surface area contributed by atoms with Gasteiger partial charge in [0.15, 0.2) is 0 Å². The number of hydrogen-bond donors (Lipinski definition) is 0. The maximum absolute atomic E-state index is 8.78. The first-order chi connectivity index (χ1) is 27.6. The van der Waals surface area contributed by atoms with Gasteiger partial charge in [-0.15, -0.1) is 35.9 Å². The molecule has 0 N–H and O–H groups in total. The van der Waals surface area contributed by atoms with Gasteiger partial charge >= 0.3 is 0 Å². The van der Waals surface area contributed by atoms with Crippen LogP contribution >= 0.6 is 0 Å². The van der Waals surface area contributed by atoms with Crippen LogP contribution in [-0.4, -0.2) is 18.0 Å². The maximum atomic E-state index is 8.78. The number of furan rings is 2. The fourth-order valence-electron chi connectivity index (χ4n) is 6.83. The van der Waals surface area contributed by atoms with E-state index in [4.69, 9.17) is 14.3 Å². The third kappa shape index (κ3) is 7.47. The van der Waals surface area contributed by atoms with Crippen LogP contribution in [0.3, 0.4) is 0 Å². The summed E-state index contributed by atoms with van der Waals surface area (Å²) < 4.78 is 44.9. The normalized spacial score (nSPS) is 14.1. The van der Waals surface area contributed by atoms with Gasteiger partial charge in [0.1, 0.15) is 11.2 Å². The maximum Gasteiger partial charge on any atom is 0.121 e. The van der Waals surface area contributed by atoms with Crippen LogP contribution in [0.1, 0.15) is 43.3 Å². The standard InChI is InChI=1S/C28H24NO.C21H20NOSi.Ir/c1-18(2)19(3)21-14-15-29-26(16-21)25-11-7-10-24-23-13-12-22(17-27(23)30-28(24)25)20-8-5-4-6-9-20;1-14-9-11-16(18-12-10-15(13-22-18)24(2,3)4)21-20(14)17-7-5-6-8-19(17)23-21;/h4-10,12-19H,1-3H3;5-10,12-13H,1-4H3;/q2*-1;/i19D;1D3;. The van der Waals surface area contributed by atoms with Crippen molar-refractivity contribution < 1.29 is 34.4 Å². The molecule has 0 saturated carbocycles. The first-order valence-corrected chi connectivity index (χ1v) is 21.8. The van der Waals surface area contributed by atoms with Crippen LogP contribution in [0.15, 0.2) is 136 Å². The van der Waals surface area contributed by atoms with Gasteiger partial charge in [0.2, 0.25) is 0 Å². The van der Waals surface area contributed by atoms with Gasteiger partial charge in [-0.2, -0.15) is 0 Å². The molecule has 55 heavy (non-hydrogen) atoms. The molecule has 0 aliphatic carbocycles. The number of nitrogens with zero attached hydrogens (tertiary/aromatic N) is 2. The Morgan fingerprint density at radius 2 is 1.45 bits per heavy atom. The van der Waals surface area contributed by atoms with Gasteiger partial charge < -0.3 is 18.8 Å². The van der Waals surface area contributed by atoms with Gasteiger partial charge in [0.25, 0.3) is 0 Å². The van der Waals surface area contributed by atoms with Crippen LogP contribution in [-0.2, 0) is 20.1 Å². The van der Waals surface area contributed by atoms with Crippen molar-refractivity contribution in [3.8, 4) is 33.6 Å². The molecule has 0 bridgehead atoms. The second-order valence-corrected chi connectivity index (χ2v) is 20.2. The Hall–Kier alpha value is -5.13. The third-order valence-electron chi connectivity index (χ3n) is 10.2. The Balaban J connectivity index is 0.000000178. The summed E-state index contributed by atoms with van der Waals surface area (Å²) in [6.45, 7) is 10.7. The molecular weight excluding hydrogens is 869 g/mol. The Bertz CT molecular complexity index is 2930. The Kier molecular flexibility index (Phi) is 9.39.